The fourth-order valence-corrected chi connectivity index (χ4v) is 5.28. The van der Waals surface area contributed by atoms with Crippen LogP contribution in [0.3, 0.4) is 0 Å². The van der Waals surface area contributed by atoms with E-state index in [9.17, 15) is 13.2 Å². The molecule has 0 spiro atoms. The molecule has 0 aliphatic carbocycles. The van der Waals surface area contributed by atoms with Gasteiger partial charge in [-0.2, -0.15) is 0 Å². The summed E-state index contributed by atoms with van der Waals surface area (Å²) in [5.74, 6) is -0.452. The van der Waals surface area contributed by atoms with Crippen LogP contribution in [0.2, 0.25) is 0 Å². The first-order chi connectivity index (χ1) is 14.5. The van der Waals surface area contributed by atoms with E-state index >= 15 is 0 Å². The predicted molar refractivity (Wildman–Crippen MR) is 108 cm³/mol. The lowest BCUT2D eigenvalue weighted by Gasteiger charge is -2.34. The van der Waals surface area contributed by atoms with Gasteiger partial charge in [-0.3, -0.25) is 10.0 Å². The average Bonchev–Trinajstić information content (AvgIpc) is 2.79. The Morgan fingerprint density at radius 3 is 2.33 bits per heavy atom. The molecule has 8 nitrogen and oxygen atoms in total. The molecule has 1 fully saturated rings. The van der Waals surface area contributed by atoms with Crippen molar-refractivity contribution in [3.63, 3.8) is 0 Å². The zero-order chi connectivity index (χ0) is 21.5. The molecule has 30 heavy (non-hydrogen) atoms. The fourth-order valence-electron chi connectivity index (χ4n) is 3.34. The van der Waals surface area contributed by atoms with Gasteiger partial charge in [-0.05, 0) is 42.7 Å². The van der Waals surface area contributed by atoms with E-state index in [0.29, 0.717) is 25.6 Å². The highest BCUT2D eigenvalue weighted by molar-refractivity contribution is 7.93. The summed E-state index contributed by atoms with van der Waals surface area (Å²) in [6.07, 6.45) is -0.0581. The summed E-state index contributed by atoms with van der Waals surface area (Å²) in [4.78, 5) is 12.2. The molecule has 2 N–H and O–H groups in total. The first-order valence-corrected chi connectivity index (χ1v) is 11.1. The minimum absolute atomic E-state index is 0.0133. The number of hydroxylamine groups is 1. The molecule has 0 bridgehead atoms. The molecule has 0 aromatic heterocycles. The van der Waals surface area contributed by atoms with Crippen molar-refractivity contribution in [1.29, 1.82) is 0 Å². The van der Waals surface area contributed by atoms with E-state index in [-0.39, 0.29) is 31.0 Å². The molecule has 1 heterocycles. The second kappa shape index (κ2) is 10.0. The van der Waals surface area contributed by atoms with E-state index < -0.39 is 20.5 Å². The van der Waals surface area contributed by atoms with Gasteiger partial charge in [0, 0.05) is 13.2 Å². The van der Waals surface area contributed by atoms with Gasteiger partial charge in [-0.15, -0.1) is 0 Å². The van der Waals surface area contributed by atoms with Crippen LogP contribution >= 0.6 is 0 Å². The van der Waals surface area contributed by atoms with Gasteiger partial charge in [0.1, 0.15) is 12.4 Å². The Kier molecular flexibility index (Phi) is 7.43. The molecular formula is C21H25NO7S. The molecule has 0 unspecified atom stereocenters. The normalized spacial score (nSPS) is 16.0. The molecule has 1 aliphatic heterocycles. The summed E-state index contributed by atoms with van der Waals surface area (Å²) < 4.78 is 40.9. The van der Waals surface area contributed by atoms with Crippen LogP contribution in [0.15, 0.2) is 59.5 Å². The maximum absolute atomic E-state index is 13.2. The number of benzene rings is 2. The zero-order valence-corrected chi connectivity index (χ0v) is 17.3. The molecule has 0 radical (unpaired) electrons. The number of ether oxygens (including phenoxy) is 3. The molecular weight excluding hydrogens is 410 g/mol. The van der Waals surface area contributed by atoms with Gasteiger partial charge in [0.2, 0.25) is 0 Å². The second-order valence-corrected chi connectivity index (χ2v) is 9.17. The van der Waals surface area contributed by atoms with Crippen molar-refractivity contribution in [3.8, 4) is 5.75 Å². The Balaban J connectivity index is 1.59. The molecule has 1 saturated heterocycles. The second-order valence-electron chi connectivity index (χ2n) is 6.91. The van der Waals surface area contributed by atoms with Crippen molar-refractivity contribution in [3.05, 3.63) is 60.2 Å². The van der Waals surface area contributed by atoms with Crippen molar-refractivity contribution < 1.29 is 32.6 Å². The van der Waals surface area contributed by atoms with Gasteiger partial charge in [-0.1, -0.05) is 30.3 Å². The highest BCUT2D eigenvalue weighted by atomic mass is 32.2. The average molecular weight is 435 g/mol. The summed E-state index contributed by atoms with van der Waals surface area (Å²) in [5, 5.41) is 9.08. The van der Waals surface area contributed by atoms with E-state index in [4.69, 9.17) is 19.4 Å². The van der Waals surface area contributed by atoms with Gasteiger partial charge in [0.25, 0.3) is 5.91 Å². The molecule has 0 atom stereocenters. The number of hydrogen-bond donors (Lipinski definition) is 2. The number of sulfone groups is 1. The van der Waals surface area contributed by atoms with E-state index in [2.05, 4.69) is 0 Å². The van der Waals surface area contributed by atoms with Gasteiger partial charge < -0.3 is 14.2 Å². The topological polar surface area (TPSA) is 111 Å². The van der Waals surface area contributed by atoms with Crippen LogP contribution in [0.5, 0.6) is 5.75 Å². The van der Waals surface area contributed by atoms with Crippen molar-refractivity contribution >= 4 is 15.7 Å². The molecule has 3 rings (SSSR count). The third-order valence-corrected chi connectivity index (χ3v) is 7.59. The third-order valence-electron chi connectivity index (χ3n) is 5.07. The molecule has 162 valence electrons. The molecule has 1 amide bonds. The highest BCUT2D eigenvalue weighted by Gasteiger charge is 2.52. The highest BCUT2D eigenvalue weighted by Crippen LogP contribution is 2.35. The number of rotatable bonds is 9. The Morgan fingerprint density at radius 2 is 1.70 bits per heavy atom. The molecule has 9 heteroatoms. The number of amides is 1. The number of nitrogens with one attached hydrogen (secondary N) is 1. The monoisotopic (exact) mass is 435 g/mol. The summed E-state index contributed by atoms with van der Waals surface area (Å²) in [6, 6.07) is 15.6. The van der Waals surface area contributed by atoms with Gasteiger partial charge >= 0.3 is 0 Å². The van der Waals surface area contributed by atoms with Crippen LogP contribution in [0.25, 0.3) is 0 Å². The lowest BCUT2D eigenvalue weighted by atomic mass is 9.98. The Bertz CT molecular complexity index is 924. The standard InChI is InChI=1S/C21H25NO7S/c23-20(22-24)21(10-12-27-13-11-21)30(25,26)19-8-6-18(7-9-19)29-15-14-28-16-17-4-2-1-3-5-17/h1-9,24H,10-16H2,(H,22,23). The molecule has 2 aromatic carbocycles. The van der Waals surface area contributed by atoms with Crippen molar-refractivity contribution in [2.75, 3.05) is 26.4 Å². The SMILES string of the molecule is O=C(NO)C1(S(=O)(=O)c2ccc(OCCOCc3ccccc3)cc2)CCOCC1. The van der Waals surface area contributed by atoms with E-state index in [0.717, 1.165) is 5.56 Å². The summed E-state index contributed by atoms with van der Waals surface area (Å²) in [5.41, 5.74) is 2.57. The maximum Gasteiger partial charge on any atom is 0.265 e. The summed E-state index contributed by atoms with van der Waals surface area (Å²) >= 11 is 0. The van der Waals surface area contributed by atoms with E-state index in [1.54, 1.807) is 0 Å². The van der Waals surface area contributed by atoms with Gasteiger partial charge in [-0.25, -0.2) is 13.9 Å². The van der Waals surface area contributed by atoms with Crippen LogP contribution in [0.1, 0.15) is 18.4 Å². The van der Waals surface area contributed by atoms with Crippen molar-refractivity contribution in [2.24, 2.45) is 0 Å². The first-order valence-electron chi connectivity index (χ1n) is 9.61. The molecule has 1 aliphatic rings. The fraction of sp³-hybridized carbons (Fsp3) is 0.381. The minimum atomic E-state index is -4.04. The molecule has 2 aromatic rings. The van der Waals surface area contributed by atoms with Crippen LogP contribution in [-0.2, 0) is 30.7 Å². The zero-order valence-electron chi connectivity index (χ0n) is 16.5. The quantitative estimate of drug-likeness (QED) is 0.353. The number of hydrogen-bond acceptors (Lipinski definition) is 7. The van der Waals surface area contributed by atoms with Crippen LogP contribution < -0.4 is 10.2 Å². The van der Waals surface area contributed by atoms with Crippen LogP contribution in [0, 0.1) is 0 Å². The van der Waals surface area contributed by atoms with Crippen LogP contribution in [-0.4, -0.2) is 50.7 Å². The number of carbonyl (C=O) groups is 1. The third kappa shape index (κ3) is 4.81. The van der Waals surface area contributed by atoms with Crippen LogP contribution in [0.4, 0.5) is 0 Å². The van der Waals surface area contributed by atoms with Crippen molar-refractivity contribution in [1.82, 2.24) is 5.48 Å². The Labute approximate surface area is 175 Å². The van der Waals surface area contributed by atoms with E-state index in [1.807, 2.05) is 30.3 Å². The molecule has 0 saturated carbocycles. The summed E-state index contributed by atoms with van der Waals surface area (Å²) in [7, 11) is -4.04. The Hall–Kier alpha value is -2.46. The largest absolute Gasteiger partial charge is 0.491 e. The van der Waals surface area contributed by atoms with Gasteiger partial charge in [0.15, 0.2) is 14.6 Å². The minimum Gasteiger partial charge on any atom is -0.491 e. The lowest BCUT2D eigenvalue weighted by molar-refractivity contribution is -0.134. The summed E-state index contributed by atoms with van der Waals surface area (Å²) in [6.45, 7) is 1.43. The maximum atomic E-state index is 13.2. The smallest absolute Gasteiger partial charge is 0.265 e. The van der Waals surface area contributed by atoms with Crippen molar-refractivity contribution in [2.45, 2.75) is 29.1 Å². The Morgan fingerprint density at radius 1 is 1.03 bits per heavy atom. The predicted octanol–water partition coefficient (Wildman–Crippen LogP) is 2.11. The first kappa shape index (κ1) is 22.2. The number of carbonyl (C=O) groups excluding carboxylic acids is 1. The van der Waals surface area contributed by atoms with E-state index in [1.165, 1.54) is 29.7 Å². The lowest BCUT2D eigenvalue weighted by Crippen LogP contribution is -2.54. The van der Waals surface area contributed by atoms with Gasteiger partial charge in [0.05, 0.1) is 18.1 Å².